The average Bonchev–Trinajstić information content (AvgIpc) is 2.41. The summed E-state index contributed by atoms with van der Waals surface area (Å²) in [5.74, 6) is 0.139. The molecule has 0 unspecified atom stereocenters. The molecule has 2 heterocycles. The van der Waals surface area contributed by atoms with Crippen molar-refractivity contribution in [3.05, 3.63) is 28.6 Å². The third-order valence-corrected chi connectivity index (χ3v) is 2.71. The van der Waals surface area contributed by atoms with Crippen LogP contribution in [0.5, 0.6) is 0 Å². The fourth-order valence-electron chi connectivity index (χ4n) is 1.87. The van der Waals surface area contributed by atoms with Crippen molar-refractivity contribution in [3.63, 3.8) is 0 Å². The quantitative estimate of drug-likeness (QED) is 0.662. The zero-order chi connectivity index (χ0) is 12.7. The number of benzene rings is 1. The summed E-state index contributed by atoms with van der Waals surface area (Å²) in [4.78, 5) is 27.3. The monoisotopic (exact) mass is 243 g/mol. The number of rotatable bonds is 1. The molecule has 1 aromatic heterocycles. The van der Waals surface area contributed by atoms with Crippen molar-refractivity contribution in [3.8, 4) is 0 Å². The predicted octanol–water partition coefficient (Wildman–Crippen LogP) is 0.125. The molecule has 3 N–H and O–H groups in total. The molecule has 3 rings (SSSR count). The molecule has 0 radical (unpaired) electrons. The second kappa shape index (κ2) is 3.66. The summed E-state index contributed by atoms with van der Waals surface area (Å²) < 4.78 is 0. The zero-order valence-electron chi connectivity index (χ0n) is 9.44. The first-order valence-electron chi connectivity index (χ1n) is 5.30. The van der Waals surface area contributed by atoms with Gasteiger partial charge >= 0.3 is 0 Å². The Labute approximate surface area is 101 Å². The van der Waals surface area contributed by atoms with E-state index in [1.807, 2.05) is 0 Å². The first-order valence-corrected chi connectivity index (χ1v) is 5.30. The lowest BCUT2D eigenvalue weighted by Gasteiger charge is -2.16. The third kappa shape index (κ3) is 1.37. The Morgan fingerprint density at radius 3 is 3.00 bits per heavy atom. The number of aliphatic imine (C=N–C) groups is 1. The number of aromatic nitrogens is 2. The van der Waals surface area contributed by atoms with E-state index in [1.54, 1.807) is 18.2 Å². The third-order valence-electron chi connectivity index (χ3n) is 2.71. The number of nitrogens with one attached hydrogen (secondary N) is 3. The maximum Gasteiger partial charge on any atom is 0.286 e. The van der Waals surface area contributed by atoms with Gasteiger partial charge in [0.15, 0.2) is 11.7 Å². The molecular formula is C11H9N5O2. The van der Waals surface area contributed by atoms with Gasteiger partial charge in [-0.1, -0.05) is 6.07 Å². The topological polar surface area (TPSA) is 99.2 Å². The van der Waals surface area contributed by atoms with Crippen molar-refractivity contribution >= 4 is 34.0 Å². The van der Waals surface area contributed by atoms with Gasteiger partial charge < -0.3 is 10.6 Å². The first-order chi connectivity index (χ1) is 8.70. The van der Waals surface area contributed by atoms with Crippen LogP contribution in [-0.2, 0) is 4.79 Å². The molecule has 0 saturated carbocycles. The molecule has 0 atom stereocenters. The minimum Gasteiger partial charge on any atom is -0.352 e. The van der Waals surface area contributed by atoms with Crippen LogP contribution in [0.15, 0.2) is 28.0 Å². The fourth-order valence-corrected chi connectivity index (χ4v) is 1.87. The summed E-state index contributed by atoms with van der Waals surface area (Å²) in [6.07, 6.45) is 0. The Hall–Kier alpha value is -2.70. The van der Waals surface area contributed by atoms with E-state index in [4.69, 9.17) is 0 Å². The molecular weight excluding hydrogens is 234 g/mol. The molecule has 1 aliphatic rings. The van der Waals surface area contributed by atoms with E-state index in [9.17, 15) is 9.59 Å². The van der Waals surface area contributed by atoms with Gasteiger partial charge in [-0.15, -0.1) is 0 Å². The van der Waals surface area contributed by atoms with E-state index in [-0.39, 0.29) is 17.3 Å². The largest absolute Gasteiger partial charge is 0.352 e. The van der Waals surface area contributed by atoms with Gasteiger partial charge in [0.2, 0.25) is 0 Å². The van der Waals surface area contributed by atoms with Gasteiger partial charge in [0.1, 0.15) is 0 Å². The van der Waals surface area contributed by atoms with Crippen molar-refractivity contribution in [2.45, 2.75) is 0 Å². The van der Waals surface area contributed by atoms with Crippen molar-refractivity contribution in [1.82, 2.24) is 15.5 Å². The normalized spacial score (nSPS) is 12.8. The number of nitrogens with zero attached hydrogens (tertiary/aromatic N) is 2. The Morgan fingerprint density at radius 2 is 2.22 bits per heavy atom. The molecule has 90 valence electrons. The van der Waals surface area contributed by atoms with Crippen LogP contribution in [0.3, 0.4) is 0 Å². The lowest BCUT2D eigenvalue weighted by molar-refractivity contribution is -0.114. The van der Waals surface area contributed by atoms with Gasteiger partial charge in [0, 0.05) is 7.05 Å². The molecule has 7 nitrogen and oxygen atoms in total. The standard InChI is InChI=1S/C11H9N5O2/c1-12-11(18)9-13-6-4-2-3-5-7(6)8(14-9)15-16-10(5)17/h2-4H,1H3,(H,12,18)(H,16,17)(H,13,14,15). The first kappa shape index (κ1) is 10.5. The summed E-state index contributed by atoms with van der Waals surface area (Å²) in [5, 5.41) is 12.7. The van der Waals surface area contributed by atoms with Crippen molar-refractivity contribution < 1.29 is 4.79 Å². The summed E-state index contributed by atoms with van der Waals surface area (Å²) in [7, 11) is 1.52. The SMILES string of the molecule is CNC(=O)C1=Nc2n[nH]c(=O)c3cccc(c23)N1. The summed E-state index contributed by atoms with van der Waals surface area (Å²) in [6.45, 7) is 0. The molecule has 18 heavy (non-hydrogen) atoms. The van der Waals surface area contributed by atoms with Crippen LogP contribution in [0.4, 0.5) is 11.5 Å². The summed E-state index contributed by atoms with van der Waals surface area (Å²) in [6, 6.07) is 5.19. The lowest BCUT2D eigenvalue weighted by atomic mass is 10.1. The molecule has 0 spiro atoms. The number of carbonyl (C=O) groups is 1. The molecule has 1 aromatic carbocycles. The van der Waals surface area contributed by atoms with Crippen molar-refractivity contribution in [1.29, 1.82) is 0 Å². The van der Waals surface area contributed by atoms with Crippen LogP contribution in [0, 0.1) is 0 Å². The Balaban J connectivity index is 2.32. The van der Waals surface area contributed by atoms with Gasteiger partial charge in [0.05, 0.1) is 16.5 Å². The van der Waals surface area contributed by atoms with Crippen LogP contribution in [-0.4, -0.2) is 29.0 Å². The van der Waals surface area contributed by atoms with E-state index in [1.165, 1.54) is 7.05 Å². The highest BCUT2D eigenvalue weighted by Gasteiger charge is 2.20. The number of amidine groups is 1. The second-order valence-electron chi connectivity index (χ2n) is 3.77. The van der Waals surface area contributed by atoms with Crippen LogP contribution in [0.25, 0.3) is 10.8 Å². The van der Waals surface area contributed by atoms with Gasteiger partial charge in [-0.3, -0.25) is 9.59 Å². The number of likely N-dealkylation sites (N-methyl/N-ethyl adjacent to an activating group) is 1. The number of aromatic amines is 1. The van der Waals surface area contributed by atoms with Gasteiger partial charge in [-0.25, -0.2) is 10.1 Å². The molecule has 0 fully saturated rings. The van der Waals surface area contributed by atoms with Gasteiger partial charge in [0.25, 0.3) is 11.5 Å². The average molecular weight is 243 g/mol. The number of H-pyrrole nitrogens is 1. The van der Waals surface area contributed by atoms with E-state index < -0.39 is 0 Å². The highest BCUT2D eigenvalue weighted by atomic mass is 16.2. The Kier molecular flexibility index (Phi) is 2.12. The van der Waals surface area contributed by atoms with Crippen LogP contribution in [0.2, 0.25) is 0 Å². The molecule has 7 heteroatoms. The van der Waals surface area contributed by atoms with E-state index >= 15 is 0 Å². The highest BCUT2D eigenvalue weighted by Crippen LogP contribution is 2.31. The van der Waals surface area contributed by atoms with E-state index in [0.717, 1.165) is 0 Å². The molecule has 2 aromatic rings. The minimum absolute atomic E-state index is 0.150. The fraction of sp³-hybridized carbons (Fsp3) is 0.0909. The Bertz CT molecular complexity index is 747. The molecule has 0 bridgehead atoms. The Morgan fingerprint density at radius 1 is 1.39 bits per heavy atom. The second-order valence-corrected chi connectivity index (χ2v) is 3.77. The smallest absolute Gasteiger partial charge is 0.286 e. The van der Waals surface area contributed by atoms with Crippen molar-refractivity contribution in [2.75, 3.05) is 12.4 Å². The van der Waals surface area contributed by atoms with E-state index in [0.29, 0.717) is 22.3 Å². The highest BCUT2D eigenvalue weighted by molar-refractivity contribution is 6.44. The van der Waals surface area contributed by atoms with Crippen LogP contribution in [0.1, 0.15) is 0 Å². The maximum absolute atomic E-state index is 11.6. The van der Waals surface area contributed by atoms with Crippen LogP contribution >= 0.6 is 0 Å². The van der Waals surface area contributed by atoms with Gasteiger partial charge in [-0.2, -0.15) is 5.10 Å². The minimum atomic E-state index is -0.342. The maximum atomic E-state index is 11.6. The molecule has 0 saturated heterocycles. The van der Waals surface area contributed by atoms with E-state index in [2.05, 4.69) is 25.8 Å². The number of hydrogen-bond donors (Lipinski definition) is 3. The van der Waals surface area contributed by atoms with Crippen LogP contribution < -0.4 is 16.2 Å². The lowest BCUT2D eigenvalue weighted by Crippen LogP contribution is -2.34. The predicted molar refractivity (Wildman–Crippen MR) is 67.1 cm³/mol. The molecule has 0 aliphatic carbocycles. The zero-order valence-corrected chi connectivity index (χ0v) is 9.44. The number of anilines is 1. The summed E-state index contributed by atoms with van der Waals surface area (Å²) in [5.41, 5.74) is 0.366. The molecule has 1 amide bonds. The number of hydrogen-bond acceptors (Lipinski definition) is 5. The van der Waals surface area contributed by atoms with Crippen molar-refractivity contribution in [2.24, 2.45) is 4.99 Å². The molecule has 1 aliphatic heterocycles. The summed E-state index contributed by atoms with van der Waals surface area (Å²) >= 11 is 0. The van der Waals surface area contributed by atoms with Gasteiger partial charge in [-0.05, 0) is 12.1 Å². The number of amides is 1. The number of carbonyl (C=O) groups excluding carboxylic acids is 1.